The van der Waals surface area contributed by atoms with E-state index in [0.717, 1.165) is 0 Å². The summed E-state index contributed by atoms with van der Waals surface area (Å²) >= 11 is 0. The zero-order valence-corrected chi connectivity index (χ0v) is 12.3. The summed E-state index contributed by atoms with van der Waals surface area (Å²) in [5, 5.41) is 5.64. The van der Waals surface area contributed by atoms with Crippen molar-refractivity contribution in [1.29, 1.82) is 0 Å². The molecule has 0 aliphatic heterocycles. The number of hydrogen-bond donors (Lipinski definition) is 2. The van der Waals surface area contributed by atoms with Gasteiger partial charge in [-0.25, -0.2) is 4.79 Å². The summed E-state index contributed by atoms with van der Waals surface area (Å²) < 4.78 is 5.46. The summed E-state index contributed by atoms with van der Waals surface area (Å²) in [6.45, 7) is 6.35. The summed E-state index contributed by atoms with van der Waals surface area (Å²) in [6.07, 6.45) is 6.89. The third-order valence-electron chi connectivity index (χ3n) is 3.27. The largest absolute Gasteiger partial charge is 0.492 e. The van der Waals surface area contributed by atoms with Gasteiger partial charge < -0.3 is 15.4 Å². The zero-order valence-electron chi connectivity index (χ0n) is 12.3. The summed E-state index contributed by atoms with van der Waals surface area (Å²) in [5.74, 6) is 3.31. The molecule has 0 aliphatic rings. The number of para-hydroxylation sites is 2. The Morgan fingerprint density at radius 3 is 2.50 bits per heavy atom. The van der Waals surface area contributed by atoms with Crippen LogP contribution in [0.15, 0.2) is 24.3 Å². The summed E-state index contributed by atoms with van der Waals surface area (Å²) in [5.41, 5.74) is 0.0231. The second-order valence-electron chi connectivity index (χ2n) is 4.44. The van der Waals surface area contributed by atoms with Crippen LogP contribution in [0, 0.1) is 12.3 Å². The predicted molar refractivity (Wildman–Crippen MR) is 81.9 cm³/mol. The molecule has 0 atom stereocenters. The van der Waals surface area contributed by atoms with Crippen molar-refractivity contribution in [2.24, 2.45) is 0 Å². The first kappa shape index (κ1) is 15.9. The second-order valence-corrected chi connectivity index (χ2v) is 4.44. The summed E-state index contributed by atoms with van der Waals surface area (Å²) in [6, 6.07) is 6.98. The minimum absolute atomic E-state index is 0.321. The average molecular weight is 274 g/mol. The molecule has 2 amide bonds. The maximum absolute atomic E-state index is 12.1. The fourth-order valence-electron chi connectivity index (χ4n) is 1.89. The third kappa shape index (κ3) is 3.92. The van der Waals surface area contributed by atoms with Gasteiger partial charge in [0.1, 0.15) is 11.3 Å². The second kappa shape index (κ2) is 7.44. The van der Waals surface area contributed by atoms with Crippen molar-refractivity contribution < 1.29 is 9.53 Å². The molecule has 0 fully saturated rings. The van der Waals surface area contributed by atoms with E-state index in [-0.39, 0.29) is 6.03 Å². The van der Waals surface area contributed by atoms with Crippen molar-refractivity contribution in [2.45, 2.75) is 39.2 Å². The van der Waals surface area contributed by atoms with Gasteiger partial charge in [-0.05, 0) is 31.9 Å². The number of anilines is 1. The number of ether oxygens (including phenoxy) is 1. The maximum atomic E-state index is 12.1. The molecule has 0 aromatic heterocycles. The van der Waals surface area contributed by atoms with Gasteiger partial charge in [-0.15, -0.1) is 6.42 Å². The van der Waals surface area contributed by atoms with E-state index in [1.54, 1.807) is 6.07 Å². The van der Waals surface area contributed by atoms with Crippen molar-refractivity contribution in [1.82, 2.24) is 5.32 Å². The number of urea groups is 1. The molecule has 1 aromatic rings. The molecule has 0 saturated carbocycles. The number of rotatable bonds is 6. The molecule has 4 nitrogen and oxygen atoms in total. The Hall–Kier alpha value is -2.15. The number of terminal acetylenes is 1. The number of benzene rings is 1. The molecule has 20 heavy (non-hydrogen) atoms. The molecular formula is C16H22N2O2. The fraction of sp³-hybridized carbons (Fsp3) is 0.438. The lowest BCUT2D eigenvalue weighted by atomic mass is 9.94. The Kier molecular flexibility index (Phi) is 5.92. The van der Waals surface area contributed by atoms with E-state index in [4.69, 9.17) is 11.2 Å². The number of carbonyl (C=O) groups excluding carboxylic acids is 1. The van der Waals surface area contributed by atoms with Crippen molar-refractivity contribution in [3.05, 3.63) is 24.3 Å². The lowest BCUT2D eigenvalue weighted by molar-refractivity contribution is 0.242. The minimum Gasteiger partial charge on any atom is -0.492 e. The topological polar surface area (TPSA) is 50.4 Å². The predicted octanol–water partition coefficient (Wildman–Crippen LogP) is 3.40. The van der Waals surface area contributed by atoms with Crippen LogP contribution in [-0.4, -0.2) is 18.2 Å². The molecule has 0 radical (unpaired) electrons. The van der Waals surface area contributed by atoms with Crippen molar-refractivity contribution in [2.75, 3.05) is 11.9 Å². The van der Waals surface area contributed by atoms with E-state index in [1.165, 1.54) is 0 Å². The van der Waals surface area contributed by atoms with Crippen LogP contribution in [0.25, 0.3) is 0 Å². The Bertz CT molecular complexity index is 487. The average Bonchev–Trinajstić information content (AvgIpc) is 2.47. The van der Waals surface area contributed by atoms with Gasteiger partial charge in [-0.3, -0.25) is 0 Å². The van der Waals surface area contributed by atoms with E-state index >= 15 is 0 Å². The number of carbonyl (C=O) groups is 1. The molecule has 0 aliphatic carbocycles. The quantitative estimate of drug-likeness (QED) is 0.781. The Morgan fingerprint density at radius 1 is 1.30 bits per heavy atom. The van der Waals surface area contributed by atoms with Gasteiger partial charge in [0.25, 0.3) is 0 Å². The highest BCUT2D eigenvalue weighted by molar-refractivity contribution is 5.91. The molecular weight excluding hydrogens is 252 g/mol. The van der Waals surface area contributed by atoms with Gasteiger partial charge in [-0.2, -0.15) is 0 Å². The molecule has 0 unspecified atom stereocenters. The van der Waals surface area contributed by atoms with Crippen molar-refractivity contribution in [3.63, 3.8) is 0 Å². The van der Waals surface area contributed by atoms with Gasteiger partial charge in [0.05, 0.1) is 12.3 Å². The lowest BCUT2D eigenvalue weighted by Crippen LogP contribution is -2.48. The number of amides is 2. The minimum atomic E-state index is -0.607. The van der Waals surface area contributed by atoms with Gasteiger partial charge in [-0.1, -0.05) is 31.9 Å². The molecule has 0 heterocycles. The Balaban J connectivity index is 2.79. The Labute approximate surface area is 120 Å². The molecule has 1 rings (SSSR count). The first-order chi connectivity index (χ1) is 9.60. The molecule has 1 aromatic carbocycles. The van der Waals surface area contributed by atoms with Gasteiger partial charge in [0, 0.05) is 0 Å². The van der Waals surface area contributed by atoms with Gasteiger partial charge in [0.2, 0.25) is 0 Å². The maximum Gasteiger partial charge on any atom is 0.320 e. The zero-order chi connectivity index (χ0) is 15.0. The van der Waals surface area contributed by atoms with Crippen molar-refractivity contribution >= 4 is 11.7 Å². The van der Waals surface area contributed by atoms with Crippen LogP contribution in [0.3, 0.4) is 0 Å². The number of nitrogens with one attached hydrogen (secondary N) is 2. The molecule has 4 heteroatoms. The molecule has 108 valence electrons. The molecule has 0 saturated heterocycles. The van der Waals surface area contributed by atoms with Crippen LogP contribution in [-0.2, 0) is 0 Å². The standard InChI is InChI=1S/C16H22N2O2/c1-5-16(6-2,7-3)18-15(19)17-13-11-9-10-12-14(13)20-8-4/h1,9-12H,6-8H2,2-4H3,(H2,17,18,19). The highest BCUT2D eigenvalue weighted by atomic mass is 16.5. The monoisotopic (exact) mass is 274 g/mol. The first-order valence-electron chi connectivity index (χ1n) is 6.89. The fourth-order valence-corrected chi connectivity index (χ4v) is 1.89. The van der Waals surface area contributed by atoms with E-state index < -0.39 is 5.54 Å². The highest BCUT2D eigenvalue weighted by Crippen LogP contribution is 2.24. The molecule has 2 N–H and O–H groups in total. The van der Waals surface area contributed by atoms with Gasteiger partial charge in [0.15, 0.2) is 0 Å². The van der Waals surface area contributed by atoms with E-state index in [2.05, 4.69) is 16.6 Å². The highest BCUT2D eigenvalue weighted by Gasteiger charge is 2.25. The van der Waals surface area contributed by atoms with E-state index in [9.17, 15) is 4.79 Å². The normalized spacial score (nSPS) is 10.5. The Morgan fingerprint density at radius 2 is 1.95 bits per heavy atom. The SMILES string of the molecule is C#CC(CC)(CC)NC(=O)Nc1ccccc1OCC. The molecule has 0 bridgehead atoms. The smallest absolute Gasteiger partial charge is 0.320 e. The van der Waals surface area contributed by atoms with Crippen LogP contribution in [0.4, 0.5) is 10.5 Å². The molecule has 0 spiro atoms. The van der Waals surface area contributed by atoms with E-state index in [0.29, 0.717) is 30.9 Å². The lowest BCUT2D eigenvalue weighted by Gasteiger charge is -2.27. The summed E-state index contributed by atoms with van der Waals surface area (Å²) in [4.78, 5) is 12.1. The van der Waals surface area contributed by atoms with Crippen LogP contribution >= 0.6 is 0 Å². The van der Waals surface area contributed by atoms with Crippen molar-refractivity contribution in [3.8, 4) is 18.1 Å². The number of hydrogen-bond acceptors (Lipinski definition) is 2. The van der Waals surface area contributed by atoms with Crippen LogP contribution in [0.5, 0.6) is 5.75 Å². The third-order valence-corrected chi connectivity index (χ3v) is 3.27. The van der Waals surface area contributed by atoms with Crippen LogP contribution < -0.4 is 15.4 Å². The summed E-state index contributed by atoms with van der Waals surface area (Å²) in [7, 11) is 0. The van der Waals surface area contributed by atoms with Crippen LogP contribution in [0.2, 0.25) is 0 Å². The first-order valence-corrected chi connectivity index (χ1v) is 6.89. The van der Waals surface area contributed by atoms with Gasteiger partial charge >= 0.3 is 6.03 Å². The van der Waals surface area contributed by atoms with Crippen LogP contribution in [0.1, 0.15) is 33.6 Å². The van der Waals surface area contributed by atoms with E-state index in [1.807, 2.05) is 39.0 Å².